The van der Waals surface area contributed by atoms with Gasteiger partial charge in [-0.2, -0.15) is 0 Å². The topological polar surface area (TPSA) is 59.4 Å². The highest BCUT2D eigenvalue weighted by Gasteiger charge is 2.16. The van der Waals surface area contributed by atoms with Gasteiger partial charge in [0.25, 0.3) is 5.56 Å². The van der Waals surface area contributed by atoms with Crippen LogP contribution in [0.2, 0.25) is 0 Å². The van der Waals surface area contributed by atoms with Crippen molar-refractivity contribution >= 4 is 5.65 Å². The van der Waals surface area contributed by atoms with E-state index >= 15 is 0 Å². The van der Waals surface area contributed by atoms with Crippen LogP contribution in [-0.2, 0) is 6.42 Å². The summed E-state index contributed by atoms with van der Waals surface area (Å²) in [5.74, 6) is 0.802. The van der Waals surface area contributed by atoms with Gasteiger partial charge in [-0.15, -0.1) is 0 Å². The number of fused-ring (bicyclic) bond motifs is 1. The second kappa shape index (κ2) is 5.33. The van der Waals surface area contributed by atoms with Crippen molar-refractivity contribution in [2.75, 3.05) is 7.11 Å². The first-order chi connectivity index (χ1) is 10.6. The van der Waals surface area contributed by atoms with Crippen molar-refractivity contribution in [2.45, 2.75) is 27.2 Å². The summed E-state index contributed by atoms with van der Waals surface area (Å²) < 4.78 is 6.74. The highest BCUT2D eigenvalue weighted by atomic mass is 16.5. The minimum Gasteiger partial charge on any atom is -0.497 e. The molecule has 0 bridgehead atoms. The third-order valence-electron chi connectivity index (χ3n) is 3.99. The summed E-state index contributed by atoms with van der Waals surface area (Å²) in [6.45, 7) is 5.81. The van der Waals surface area contributed by atoms with Gasteiger partial charge < -0.3 is 4.74 Å². The van der Waals surface area contributed by atoms with Crippen LogP contribution in [0.1, 0.15) is 23.9 Å². The Bertz CT molecular complexity index is 889. The lowest BCUT2D eigenvalue weighted by atomic mass is 10.1. The molecule has 2 heterocycles. The molecule has 1 aromatic carbocycles. The first-order valence-electron chi connectivity index (χ1n) is 7.32. The van der Waals surface area contributed by atoms with E-state index in [0.29, 0.717) is 12.1 Å². The Labute approximate surface area is 128 Å². The number of nitrogens with one attached hydrogen (secondary N) is 1. The van der Waals surface area contributed by atoms with Gasteiger partial charge in [-0.25, -0.2) is 9.50 Å². The number of nitrogens with zero attached hydrogens (tertiary/aromatic N) is 2. The van der Waals surface area contributed by atoms with E-state index < -0.39 is 0 Å². The normalized spacial score (nSPS) is 11.1. The second-order valence-electron chi connectivity index (χ2n) is 5.33. The van der Waals surface area contributed by atoms with Crippen molar-refractivity contribution in [2.24, 2.45) is 0 Å². The van der Waals surface area contributed by atoms with Crippen LogP contribution in [0.25, 0.3) is 16.8 Å². The lowest BCUT2D eigenvalue weighted by Crippen LogP contribution is -2.21. The van der Waals surface area contributed by atoms with Gasteiger partial charge in [0.1, 0.15) is 5.75 Å². The molecule has 3 rings (SSSR count). The van der Waals surface area contributed by atoms with Gasteiger partial charge in [0.15, 0.2) is 5.65 Å². The van der Waals surface area contributed by atoms with E-state index in [2.05, 4.69) is 10.1 Å². The molecule has 3 aromatic rings. The fourth-order valence-corrected chi connectivity index (χ4v) is 2.84. The largest absolute Gasteiger partial charge is 0.497 e. The zero-order valence-corrected chi connectivity index (χ0v) is 13.2. The molecule has 0 atom stereocenters. The molecule has 2 aromatic heterocycles. The monoisotopic (exact) mass is 297 g/mol. The number of aromatic amines is 1. The molecule has 0 amide bonds. The maximum atomic E-state index is 12.5. The minimum absolute atomic E-state index is 0.0205. The van der Waals surface area contributed by atoms with E-state index in [1.165, 1.54) is 0 Å². The van der Waals surface area contributed by atoms with Gasteiger partial charge in [0.2, 0.25) is 0 Å². The van der Waals surface area contributed by atoms with Crippen molar-refractivity contribution in [3.8, 4) is 16.9 Å². The van der Waals surface area contributed by atoms with E-state index in [9.17, 15) is 4.79 Å². The molecule has 0 saturated carbocycles. The maximum Gasteiger partial charge on any atom is 0.276 e. The molecule has 0 aliphatic heterocycles. The molecule has 0 aliphatic rings. The third kappa shape index (κ3) is 2.09. The molecular weight excluding hydrogens is 278 g/mol. The predicted octanol–water partition coefficient (Wildman–Crippen LogP) is 2.88. The molecular formula is C17H19N3O2. The standard InChI is InChI=1S/C17H19N3O2/c1-5-14-10(2)18-16-15(11(3)19-20(16)17(14)21)12-6-8-13(22-4)9-7-12/h6-9,19H,5H2,1-4H3. The van der Waals surface area contributed by atoms with Gasteiger partial charge in [-0.3, -0.25) is 9.89 Å². The molecule has 22 heavy (non-hydrogen) atoms. The SMILES string of the molecule is CCc1c(C)nc2c(-c3ccc(OC)cc3)c(C)[nH]n2c1=O. The van der Waals surface area contributed by atoms with Crippen LogP contribution in [0.4, 0.5) is 0 Å². The maximum absolute atomic E-state index is 12.5. The van der Waals surface area contributed by atoms with Gasteiger partial charge in [-0.1, -0.05) is 19.1 Å². The van der Waals surface area contributed by atoms with E-state index in [4.69, 9.17) is 4.74 Å². The quantitative estimate of drug-likeness (QED) is 0.808. The molecule has 0 saturated heterocycles. The number of methoxy groups -OCH3 is 1. The summed E-state index contributed by atoms with van der Waals surface area (Å²) in [4.78, 5) is 17.2. The van der Waals surface area contributed by atoms with Gasteiger partial charge in [0.05, 0.1) is 7.11 Å². The molecule has 0 aliphatic carbocycles. The number of hydrogen-bond donors (Lipinski definition) is 1. The van der Waals surface area contributed by atoms with Gasteiger partial charge >= 0.3 is 0 Å². The van der Waals surface area contributed by atoms with Crippen LogP contribution in [-0.4, -0.2) is 21.7 Å². The number of aryl methyl sites for hydroxylation is 2. The number of aromatic nitrogens is 3. The molecule has 5 nitrogen and oxygen atoms in total. The lowest BCUT2D eigenvalue weighted by Gasteiger charge is -2.05. The van der Waals surface area contributed by atoms with E-state index in [-0.39, 0.29) is 5.56 Å². The molecule has 1 N–H and O–H groups in total. The third-order valence-corrected chi connectivity index (χ3v) is 3.99. The Kier molecular flexibility index (Phi) is 3.48. The first-order valence-corrected chi connectivity index (χ1v) is 7.32. The number of H-pyrrole nitrogens is 1. The van der Waals surface area contributed by atoms with Crippen molar-refractivity contribution in [3.05, 3.63) is 51.6 Å². The number of rotatable bonds is 3. The molecule has 114 valence electrons. The fourth-order valence-electron chi connectivity index (χ4n) is 2.84. The molecule has 5 heteroatoms. The summed E-state index contributed by atoms with van der Waals surface area (Å²) in [6.07, 6.45) is 0.677. The van der Waals surface area contributed by atoms with E-state index in [0.717, 1.165) is 33.8 Å². The zero-order chi connectivity index (χ0) is 15.9. The average Bonchev–Trinajstić information content (AvgIpc) is 2.84. The number of benzene rings is 1. The fraction of sp³-hybridized carbons (Fsp3) is 0.294. The van der Waals surface area contributed by atoms with Gasteiger partial charge in [-0.05, 0) is 38.0 Å². The molecule has 0 fully saturated rings. The zero-order valence-electron chi connectivity index (χ0n) is 13.2. The van der Waals surface area contributed by atoms with Crippen LogP contribution in [0.5, 0.6) is 5.75 Å². The van der Waals surface area contributed by atoms with E-state index in [1.54, 1.807) is 11.6 Å². The predicted molar refractivity (Wildman–Crippen MR) is 86.7 cm³/mol. The van der Waals surface area contributed by atoms with E-state index in [1.807, 2.05) is 45.0 Å². The Morgan fingerprint density at radius 3 is 2.50 bits per heavy atom. The highest BCUT2D eigenvalue weighted by molar-refractivity contribution is 5.80. The van der Waals surface area contributed by atoms with Crippen LogP contribution in [0.15, 0.2) is 29.1 Å². The lowest BCUT2D eigenvalue weighted by molar-refractivity contribution is 0.415. The Hall–Kier alpha value is -2.56. The smallest absolute Gasteiger partial charge is 0.276 e. The van der Waals surface area contributed by atoms with Gasteiger partial charge in [0, 0.05) is 22.5 Å². The van der Waals surface area contributed by atoms with Crippen molar-refractivity contribution < 1.29 is 4.74 Å². The highest BCUT2D eigenvalue weighted by Crippen LogP contribution is 2.28. The first kappa shape index (κ1) is 14.4. The Morgan fingerprint density at radius 2 is 1.91 bits per heavy atom. The summed E-state index contributed by atoms with van der Waals surface area (Å²) in [5.41, 5.74) is 5.07. The summed E-state index contributed by atoms with van der Waals surface area (Å²) in [7, 11) is 1.64. The van der Waals surface area contributed by atoms with Crippen LogP contribution < -0.4 is 10.3 Å². The van der Waals surface area contributed by atoms with Crippen molar-refractivity contribution in [1.29, 1.82) is 0 Å². The van der Waals surface area contributed by atoms with Crippen LogP contribution in [0.3, 0.4) is 0 Å². The van der Waals surface area contributed by atoms with Crippen LogP contribution >= 0.6 is 0 Å². The molecule has 0 unspecified atom stereocenters. The van der Waals surface area contributed by atoms with Crippen molar-refractivity contribution in [1.82, 2.24) is 14.6 Å². The number of ether oxygens (including phenoxy) is 1. The Balaban J connectivity index is 2.30. The average molecular weight is 297 g/mol. The Morgan fingerprint density at radius 1 is 1.23 bits per heavy atom. The second-order valence-corrected chi connectivity index (χ2v) is 5.33. The molecule has 0 radical (unpaired) electrons. The minimum atomic E-state index is -0.0205. The van der Waals surface area contributed by atoms with Crippen LogP contribution in [0, 0.1) is 13.8 Å². The summed E-state index contributed by atoms with van der Waals surface area (Å²) >= 11 is 0. The summed E-state index contributed by atoms with van der Waals surface area (Å²) in [5, 5.41) is 3.13. The molecule has 0 spiro atoms. The summed E-state index contributed by atoms with van der Waals surface area (Å²) in [6, 6.07) is 7.77. The number of hydrogen-bond acceptors (Lipinski definition) is 3. The van der Waals surface area contributed by atoms with Crippen molar-refractivity contribution in [3.63, 3.8) is 0 Å².